The van der Waals surface area contributed by atoms with Gasteiger partial charge in [-0.1, -0.05) is 31.2 Å². The van der Waals surface area contributed by atoms with Crippen molar-refractivity contribution in [3.8, 4) is 0 Å². The van der Waals surface area contributed by atoms with E-state index in [9.17, 15) is 14.0 Å². The summed E-state index contributed by atoms with van der Waals surface area (Å²) in [4.78, 5) is 30.3. The Hall–Kier alpha value is -2.99. The van der Waals surface area contributed by atoms with Crippen LogP contribution >= 0.6 is 0 Å². The highest BCUT2D eigenvalue weighted by molar-refractivity contribution is 5.99. The molecule has 5 nitrogen and oxygen atoms in total. The van der Waals surface area contributed by atoms with Crippen molar-refractivity contribution in [3.63, 3.8) is 0 Å². The topological polar surface area (TPSA) is 53.8 Å². The molecular formula is C24H25FN2O3. The first-order valence-corrected chi connectivity index (χ1v) is 10.2. The number of hydrogen-bond donors (Lipinski definition) is 0. The van der Waals surface area contributed by atoms with E-state index in [1.807, 2.05) is 38.4 Å². The van der Waals surface area contributed by atoms with Crippen molar-refractivity contribution in [2.45, 2.75) is 25.8 Å². The van der Waals surface area contributed by atoms with Gasteiger partial charge in [-0.15, -0.1) is 0 Å². The summed E-state index contributed by atoms with van der Waals surface area (Å²) >= 11 is 0. The van der Waals surface area contributed by atoms with Gasteiger partial charge < -0.3 is 14.2 Å². The molecule has 0 N–H and O–H groups in total. The second kappa shape index (κ2) is 8.03. The molecule has 3 aromatic rings. The molecule has 2 aromatic carbocycles. The number of benzene rings is 2. The van der Waals surface area contributed by atoms with Gasteiger partial charge in [-0.2, -0.15) is 0 Å². The van der Waals surface area contributed by atoms with Crippen LogP contribution in [0.25, 0.3) is 11.0 Å². The van der Waals surface area contributed by atoms with E-state index in [0.717, 1.165) is 24.9 Å². The van der Waals surface area contributed by atoms with E-state index >= 15 is 0 Å². The number of halogens is 1. The Morgan fingerprint density at radius 2 is 1.83 bits per heavy atom. The standard InChI is InChI=1S/C24H25FN2O3/c1-4-15-6-8-16(9-7-15)21-20-22(28)18-14-17(25)10-11-19(18)30-23(20)24(29)27(21)13-5-12-26(2)3/h6-11,14,21H,4-5,12-13H2,1-3H3/t21-/m0/s1. The highest BCUT2D eigenvalue weighted by Crippen LogP contribution is 2.38. The van der Waals surface area contributed by atoms with Crippen molar-refractivity contribution < 1.29 is 13.6 Å². The van der Waals surface area contributed by atoms with Gasteiger partial charge in [0.15, 0.2) is 5.43 Å². The molecule has 0 fully saturated rings. The average Bonchev–Trinajstić information content (AvgIpc) is 3.01. The number of carbonyl (C=O) groups is 1. The Labute approximate surface area is 174 Å². The Bertz CT molecular complexity index is 1150. The lowest BCUT2D eigenvalue weighted by Gasteiger charge is -2.26. The minimum Gasteiger partial charge on any atom is -0.450 e. The molecule has 0 radical (unpaired) electrons. The zero-order chi connectivity index (χ0) is 21.4. The zero-order valence-corrected chi connectivity index (χ0v) is 17.4. The minimum atomic E-state index is -0.538. The summed E-state index contributed by atoms with van der Waals surface area (Å²) in [5, 5.41) is 0.159. The van der Waals surface area contributed by atoms with E-state index in [1.54, 1.807) is 4.90 Å². The zero-order valence-electron chi connectivity index (χ0n) is 17.4. The molecule has 1 aliphatic rings. The third-order valence-electron chi connectivity index (χ3n) is 5.64. The quantitative estimate of drug-likeness (QED) is 0.619. The van der Waals surface area contributed by atoms with E-state index < -0.39 is 11.9 Å². The molecule has 156 valence electrons. The Balaban J connectivity index is 1.86. The van der Waals surface area contributed by atoms with Crippen LogP contribution in [0.3, 0.4) is 0 Å². The number of carbonyl (C=O) groups excluding carboxylic acids is 1. The number of aryl methyl sites for hydroxylation is 1. The van der Waals surface area contributed by atoms with Crippen molar-refractivity contribution in [3.05, 3.63) is 81.0 Å². The second-order valence-corrected chi connectivity index (χ2v) is 7.97. The first kappa shape index (κ1) is 20.3. The van der Waals surface area contributed by atoms with Gasteiger partial charge in [-0.3, -0.25) is 9.59 Å². The predicted octanol–water partition coefficient (Wildman–Crippen LogP) is 3.99. The van der Waals surface area contributed by atoms with Crippen LogP contribution < -0.4 is 5.43 Å². The minimum absolute atomic E-state index is 0.0635. The maximum absolute atomic E-state index is 13.8. The maximum atomic E-state index is 13.8. The van der Waals surface area contributed by atoms with Crippen LogP contribution in [0.5, 0.6) is 0 Å². The van der Waals surface area contributed by atoms with Gasteiger partial charge in [-0.05, 0) is 62.8 Å². The van der Waals surface area contributed by atoms with Gasteiger partial charge in [0, 0.05) is 6.54 Å². The van der Waals surface area contributed by atoms with Gasteiger partial charge in [0.2, 0.25) is 5.76 Å². The number of hydrogen-bond acceptors (Lipinski definition) is 4. The molecule has 1 atom stereocenters. The summed E-state index contributed by atoms with van der Waals surface area (Å²) in [5.74, 6) is -0.740. The van der Waals surface area contributed by atoms with E-state index in [4.69, 9.17) is 4.42 Å². The first-order valence-electron chi connectivity index (χ1n) is 10.2. The summed E-state index contributed by atoms with van der Waals surface area (Å²) in [5.41, 5.74) is 2.21. The maximum Gasteiger partial charge on any atom is 0.290 e. The fourth-order valence-electron chi connectivity index (χ4n) is 4.06. The van der Waals surface area contributed by atoms with Crippen LogP contribution in [0.1, 0.15) is 46.6 Å². The summed E-state index contributed by atoms with van der Waals surface area (Å²) < 4.78 is 19.6. The summed E-state index contributed by atoms with van der Waals surface area (Å²) in [6.45, 7) is 3.38. The third kappa shape index (κ3) is 3.52. The molecule has 4 rings (SSSR count). The Morgan fingerprint density at radius 3 is 2.50 bits per heavy atom. The fourth-order valence-corrected chi connectivity index (χ4v) is 4.06. The van der Waals surface area contributed by atoms with Gasteiger partial charge in [-0.25, -0.2) is 4.39 Å². The Kier molecular flexibility index (Phi) is 5.43. The van der Waals surface area contributed by atoms with Crippen LogP contribution in [0.4, 0.5) is 4.39 Å². The molecule has 0 bridgehead atoms. The van der Waals surface area contributed by atoms with Crippen LogP contribution in [0.15, 0.2) is 51.7 Å². The number of amides is 1. The van der Waals surface area contributed by atoms with Gasteiger partial charge in [0.05, 0.1) is 17.0 Å². The largest absolute Gasteiger partial charge is 0.450 e. The lowest BCUT2D eigenvalue weighted by Crippen LogP contribution is -2.32. The molecule has 1 aliphatic heterocycles. The highest BCUT2D eigenvalue weighted by Gasteiger charge is 2.42. The average molecular weight is 408 g/mol. The molecular weight excluding hydrogens is 383 g/mol. The second-order valence-electron chi connectivity index (χ2n) is 7.97. The first-order chi connectivity index (χ1) is 14.4. The Morgan fingerprint density at radius 1 is 1.10 bits per heavy atom. The molecule has 0 unspecified atom stereocenters. The number of rotatable bonds is 6. The lowest BCUT2D eigenvalue weighted by atomic mass is 9.97. The van der Waals surface area contributed by atoms with E-state index in [1.165, 1.54) is 23.8 Å². The molecule has 0 saturated heterocycles. The molecule has 30 heavy (non-hydrogen) atoms. The molecule has 0 spiro atoms. The smallest absolute Gasteiger partial charge is 0.290 e. The van der Waals surface area contributed by atoms with Crippen molar-refractivity contribution in [1.82, 2.24) is 9.80 Å². The van der Waals surface area contributed by atoms with Crippen molar-refractivity contribution in [2.24, 2.45) is 0 Å². The lowest BCUT2D eigenvalue weighted by molar-refractivity contribution is 0.0722. The van der Waals surface area contributed by atoms with Crippen molar-refractivity contribution in [2.75, 3.05) is 27.2 Å². The predicted molar refractivity (Wildman–Crippen MR) is 114 cm³/mol. The summed E-state index contributed by atoms with van der Waals surface area (Å²) in [7, 11) is 3.96. The van der Waals surface area contributed by atoms with E-state index in [2.05, 4.69) is 11.8 Å². The number of fused-ring (bicyclic) bond motifs is 2. The van der Waals surface area contributed by atoms with Gasteiger partial charge >= 0.3 is 0 Å². The monoisotopic (exact) mass is 408 g/mol. The highest BCUT2D eigenvalue weighted by atomic mass is 19.1. The van der Waals surface area contributed by atoms with Crippen LogP contribution in [-0.4, -0.2) is 42.9 Å². The van der Waals surface area contributed by atoms with Crippen molar-refractivity contribution in [1.29, 1.82) is 0 Å². The van der Waals surface area contributed by atoms with Gasteiger partial charge in [0.1, 0.15) is 11.4 Å². The number of nitrogens with zero attached hydrogens (tertiary/aromatic N) is 2. The van der Waals surface area contributed by atoms with Crippen LogP contribution in [0.2, 0.25) is 0 Å². The molecule has 2 heterocycles. The summed E-state index contributed by atoms with van der Waals surface area (Å²) in [6, 6.07) is 11.2. The molecule has 1 amide bonds. The molecule has 0 aliphatic carbocycles. The summed E-state index contributed by atoms with van der Waals surface area (Å²) in [6.07, 6.45) is 1.66. The fraction of sp³-hybridized carbons (Fsp3) is 0.333. The molecule has 1 aromatic heterocycles. The van der Waals surface area contributed by atoms with E-state index in [0.29, 0.717) is 12.1 Å². The van der Waals surface area contributed by atoms with Crippen LogP contribution in [0, 0.1) is 5.82 Å². The normalized spacial score (nSPS) is 16.0. The van der Waals surface area contributed by atoms with E-state index in [-0.39, 0.29) is 28.1 Å². The SMILES string of the molecule is CCc1ccc([C@H]2c3c(oc4ccc(F)cc4c3=O)C(=O)N2CCCN(C)C)cc1. The van der Waals surface area contributed by atoms with Crippen LogP contribution in [-0.2, 0) is 6.42 Å². The third-order valence-corrected chi connectivity index (χ3v) is 5.64. The molecule has 0 saturated carbocycles. The molecule has 6 heteroatoms. The van der Waals surface area contributed by atoms with Gasteiger partial charge in [0.25, 0.3) is 5.91 Å². The van der Waals surface area contributed by atoms with Crippen molar-refractivity contribution >= 4 is 16.9 Å².